The van der Waals surface area contributed by atoms with Crippen LogP contribution in [-0.2, 0) is 14.9 Å². The topological polar surface area (TPSA) is 50.8 Å². The lowest BCUT2D eigenvalue weighted by molar-refractivity contribution is -0.125. The first-order valence-corrected chi connectivity index (χ1v) is 12.5. The van der Waals surface area contributed by atoms with E-state index in [0.29, 0.717) is 32.7 Å². The van der Waals surface area contributed by atoms with Gasteiger partial charge in [0.25, 0.3) is 0 Å². The van der Waals surface area contributed by atoms with Crippen molar-refractivity contribution in [2.75, 3.05) is 44.8 Å². The third kappa shape index (κ3) is 6.15. The number of likely N-dealkylation sites (tertiary alicyclic amines) is 1. The Labute approximate surface area is 198 Å². The lowest BCUT2D eigenvalue weighted by atomic mass is 9.73. The molecule has 2 aromatic rings. The van der Waals surface area contributed by atoms with E-state index >= 15 is 0 Å². The van der Waals surface area contributed by atoms with E-state index in [1.54, 1.807) is 0 Å². The maximum absolute atomic E-state index is 13.4. The third-order valence-electron chi connectivity index (χ3n) is 7.26. The minimum atomic E-state index is -0.548. The van der Waals surface area contributed by atoms with Crippen LogP contribution in [0.15, 0.2) is 48.5 Å². The smallest absolute Gasteiger partial charge is 0.235 e. The van der Waals surface area contributed by atoms with Crippen molar-refractivity contribution in [1.82, 2.24) is 4.90 Å². The van der Waals surface area contributed by atoms with Crippen LogP contribution in [0.5, 0.6) is 5.75 Å². The predicted octanol–water partition coefficient (Wildman–Crippen LogP) is 5.18. The summed E-state index contributed by atoms with van der Waals surface area (Å²) >= 11 is 0. The van der Waals surface area contributed by atoms with Gasteiger partial charge in [-0.15, -0.1) is 0 Å². The summed E-state index contributed by atoms with van der Waals surface area (Å²) in [4.78, 5) is 16.0. The van der Waals surface area contributed by atoms with Gasteiger partial charge in [0.15, 0.2) is 0 Å². The molecule has 0 atom stereocenters. The summed E-state index contributed by atoms with van der Waals surface area (Å²) in [5.41, 5.74) is 2.51. The molecular weight excluding hydrogens is 412 g/mol. The summed E-state index contributed by atoms with van der Waals surface area (Å²) in [6.45, 7) is 9.86. The Morgan fingerprint density at radius 1 is 1.06 bits per heavy atom. The van der Waals surface area contributed by atoms with Crippen molar-refractivity contribution in [2.45, 2.75) is 51.4 Å². The number of hydrogen-bond donors (Lipinski definition) is 1. The lowest BCUT2D eigenvalue weighted by Gasteiger charge is -2.36. The molecule has 2 aliphatic rings. The first-order valence-electron chi connectivity index (χ1n) is 12.5. The molecule has 0 radical (unpaired) electrons. The van der Waals surface area contributed by atoms with E-state index in [0.717, 1.165) is 35.9 Å². The molecule has 178 valence electrons. The Balaban J connectivity index is 1.30. The molecule has 0 spiro atoms. The number of ether oxygens (including phenoxy) is 2. The molecule has 2 saturated heterocycles. The van der Waals surface area contributed by atoms with Gasteiger partial charge >= 0.3 is 0 Å². The van der Waals surface area contributed by atoms with Crippen molar-refractivity contribution >= 4 is 11.6 Å². The standard InChI is InChI=1S/C28H38N2O3/c1-22-4-6-24(7-5-22)28(14-20-32-21-15-28)27(31)29-25-8-10-26(11-9-25)33-19-3-16-30-17-12-23(2)13-18-30/h4-11,23H,3,12-21H2,1-2H3,(H,29,31). The molecule has 5 heteroatoms. The highest BCUT2D eigenvalue weighted by molar-refractivity contribution is 5.99. The molecule has 0 unspecified atom stereocenters. The highest BCUT2D eigenvalue weighted by Gasteiger charge is 2.41. The van der Waals surface area contributed by atoms with E-state index in [1.807, 2.05) is 24.3 Å². The molecule has 2 fully saturated rings. The normalized spacial score (nSPS) is 19.2. The predicted molar refractivity (Wildman–Crippen MR) is 133 cm³/mol. The van der Waals surface area contributed by atoms with Crippen molar-refractivity contribution in [3.05, 3.63) is 59.7 Å². The van der Waals surface area contributed by atoms with Gasteiger partial charge in [0.1, 0.15) is 5.75 Å². The SMILES string of the molecule is Cc1ccc(C2(C(=O)Nc3ccc(OCCCN4CCC(C)CC4)cc3)CCOCC2)cc1. The van der Waals surface area contributed by atoms with E-state index in [1.165, 1.54) is 31.5 Å². The van der Waals surface area contributed by atoms with E-state index in [-0.39, 0.29) is 5.91 Å². The van der Waals surface area contributed by atoms with Crippen LogP contribution in [0.1, 0.15) is 50.2 Å². The van der Waals surface area contributed by atoms with Crippen LogP contribution in [0.25, 0.3) is 0 Å². The zero-order chi connectivity index (χ0) is 23.1. The minimum Gasteiger partial charge on any atom is -0.494 e. The Kier molecular flexibility index (Phi) is 8.05. The number of rotatable bonds is 8. The summed E-state index contributed by atoms with van der Waals surface area (Å²) < 4.78 is 11.5. The summed E-state index contributed by atoms with van der Waals surface area (Å²) in [6, 6.07) is 16.1. The Bertz CT molecular complexity index is 880. The third-order valence-corrected chi connectivity index (χ3v) is 7.26. The maximum Gasteiger partial charge on any atom is 0.235 e. The second-order valence-corrected chi connectivity index (χ2v) is 9.77. The average molecular weight is 451 g/mol. The van der Waals surface area contributed by atoms with E-state index < -0.39 is 5.41 Å². The summed E-state index contributed by atoms with van der Waals surface area (Å²) in [7, 11) is 0. The first kappa shape index (κ1) is 23.8. The quantitative estimate of drug-likeness (QED) is 0.563. The van der Waals surface area contributed by atoms with Crippen molar-refractivity contribution in [3.8, 4) is 5.75 Å². The molecule has 1 amide bonds. The molecule has 2 aromatic carbocycles. The number of amides is 1. The van der Waals surface area contributed by atoms with Gasteiger partial charge in [0.05, 0.1) is 12.0 Å². The number of hydrogen-bond acceptors (Lipinski definition) is 4. The molecule has 0 aliphatic carbocycles. The number of aryl methyl sites for hydroxylation is 1. The van der Waals surface area contributed by atoms with Crippen LogP contribution < -0.4 is 10.1 Å². The Hall–Kier alpha value is -2.37. The zero-order valence-corrected chi connectivity index (χ0v) is 20.1. The Morgan fingerprint density at radius 3 is 2.39 bits per heavy atom. The highest BCUT2D eigenvalue weighted by Crippen LogP contribution is 2.36. The number of carbonyl (C=O) groups is 1. The molecule has 0 bridgehead atoms. The van der Waals surface area contributed by atoms with Crippen LogP contribution >= 0.6 is 0 Å². The van der Waals surface area contributed by atoms with Gasteiger partial charge in [0.2, 0.25) is 5.91 Å². The second-order valence-electron chi connectivity index (χ2n) is 9.77. The number of nitrogens with zero attached hydrogens (tertiary/aromatic N) is 1. The fourth-order valence-electron chi connectivity index (χ4n) is 4.89. The van der Waals surface area contributed by atoms with Crippen LogP contribution in [-0.4, -0.2) is 50.3 Å². The van der Waals surface area contributed by atoms with Gasteiger partial charge in [-0.2, -0.15) is 0 Å². The number of nitrogens with one attached hydrogen (secondary N) is 1. The molecule has 4 rings (SSSR count). The molecule has 0 aromatic heterocycles. The van der Waals surface area contributed by atoms with E-state index in [9.17, 15) is 4.79 Å². The van der Waals surface area contributed by atoms with Crippen molar-refractivity contribution in [2.24, 2.45) is 5.92 Å². The van der Waals surface area contributed by atoms with Crippen LogP contribution in [0.3, 0.4) is 0 Å². The molecule has 2 aliphatic heterocycles. The fourth-order valence-corrected chi connectivity index (χ4v) is 4.89. The van der Waals surface area contributed by atoms with Gasteiger partial charge in [0, 0.05) is 25.4 Å². The molecule has 2 heterocycles. The van der Waals surface area contributed by atoms with Gasteiger partial charge in [-0.1, -0.05) is 36.8 Å². The van der Waals surface area contributed by atoms with E-state index in [2.05, 4.69) is 48.3 Å². The highest BCUT2D eigenvalue weighted by atomic mass is 16.5. The minimum absolute atomic E-state index is 0.0409. The molecule has 33 heavy (non-hydrogen) atoms. The summed E-state index contributed by atoms with van der Waals surface area (Å²) in [5.74, 6) is 1.76. The Morgan fingerprint density at radius 2 is 1.73 bits per heavy atom. The zero-order valence-electron chi connectivity index (χ0n) is 20.1. The molecule has 1 N–H and O–H groups in total. The second kappa shape index (κ2) is 11.2. The number of benzene rings is 2. The summed E-state index contributed by atoms with van der Waals surface area (Å²) in [5, 5.41) is 3.15. The van der Waals surface area contributed by atoms with Crippen LogP contribution in [0.2, 0.25) is 0 Å². The summed E-state index contributed by atoms with van der Waals surface area (Å²) in [6.07, 6.45) is 5.05. The molecular formula is C28H38N2O3. The van der Waals surface area contributed by atoms with Crippen LogP contribution in [0.4, 0.5) is 5.69 Å². The van der Waals surface area contributed by atoms with Crippen LogP contribution in [0, 0.1) is 12.8 Å². The fraction of sp³-hybridized carbons (Fsp3) is 0.536. The van der Waals surface area contributed by atoms with Crippen molar-refractivity contribution in [3.63, 3.8) is 0 Å². The monoisotopic (exact) mass is 450 g/mol. The van der Waals surface area contributed by atoms with Crippen molar-refractivity contribution < 1.29 is 14.3 Å². The largest absolute Gasteiger partial charge is 0.494 e. The van der Waals surface area contributed by atoms with Gasteiger partial charge in [-0.05, 0) is 87.9 Å². The number of piperidine rings is 1. The number of carbonyl (C=O) groups excluding carboxylic acids is 1. The molecule has 0 saturated carbocycles. The number of anilines is 1. The average Bonchev–Trinajstić information content (AvgIpc) is 2.85. The van der Waals surface area contributed by atoms with Gasteiger partial charge < -0.3 is 19.7 Å². The van der Waals surface area contributed by atoms with Gasteiger partial charge in [-0.3, -0.25) is 4.79 Å². The first-order chi connectivity index (χ1) is 16.0. The lowest BCUT2D eigenvalue weighted by Crippen LogP contribution is -2.44. The molecule has 5 nitrogen and oxygen atoms in total. The van der Waals surface area contributed by atoms with Gasteiger partial charge in [-0.25, -0.2) is 0 Å². The van der Waals surface area contributed by atoms with E-state index in [4.69, 9.17) is 9.47 Å². The maximum atomic E-state index is 13.4. The van der Waals surface area contributed by atoms with Crippen molar-refractivity contribution in [1.29, 1.82) is 0 Å².